The Labute approximate surface area is 201 Å². The topological polar surface area (TPSA) is 95.3 Å². The number of ketones is 1. The molecule has 186 valence electrons. The number of epoxide rings is 1. The van der Waals surface area contributed by atoms with E-state index >= 15 is 0 Å². The van der Waals surface area contributed by atoms with Crippen LogP contribution in [0.1, 0.15) is 78.1 Å². The molecule has 0 spiro atoms. The van der Waals surface area contributed by atoms with Gasteiger partial charge in [0.05, 0.1) is 17.9 Å². The Kier molecular flexibility index (Phi) is 6.08. The number of hydrogen-bond acceptors (Lipinski definition) is 7. The van der Waals surface area contributed by atoms with Crippen molar-refractivity contribution in [3.8, 4) is 0 Å². The molecule has 2 saturated carbocycles. The van der Waals surface area contributed by atoms with Gasteiger partial charge in [-0.2, -0.15) is 0 Å². The number of esters is 2. The largest absolute Gasteiger partial charge is 0.472 e. The van der Waals surface area contributed by atoms with Crippen molar-refractivity contribution in [1.82, 2.24) is 0 Å². The number of rotatable bonds is 6. The Morgan fingerprint density at radius 1 is 1.15 bits per heavy atom. The summed E-state index contributed by atoms with van der Waals surface area (Å²) in [7, 11) is 0. The minimum Gasteiger partial charge on any atom is -0.472 e. The van der Waals surface area contributed by atoms with Gasteiger partial charge in [0.15, 0.2) is 5.78 Å². The van der Waals surface area contributed by atoms with Crippen LogP contribution in [0.5, 0.6) is 0 Å². The van der Waals surface area contributed by atoms with Crippen molar-refractivity contribution in [2.75, 3.05) is 0 Å². The molecule has 1 aliphatic heterocycles. The van der Waals surface area contributed by atoms with E-state index in [1.54, 1.807) is 26.0 Å². The molecule has 7 heteroatoms. The maximum absolute atomic E-state index is 13.3. The van der Waals surface area contributed by atoms with Gasteiger partial charge in [-0.05, 0) is 51.0 Å². The van der Waals surface area contributed by atoms with E-state index in [1.165, 1.54) is 19.5 Å². The van der Waals surface area contributed by atoms with Gasteiger partial charge < -0.3 is 18.6 Å². The zero-order valence-electron chi connectivity index (χ0n) is 21.2. The second-order valence-electron chi connectivity index (χ2n) is 10.9. The van der Waals surface area contributed by atoms with Crippen LogP contribution in [0.2, 0.25) is 0 Å². The first-order chi connectivity index (χ1) is 15.9. The van der Waals surface area contributed by atoms with Crippen molar-refractivity contribution < 1.29 is 33.0 Å². The average molecular weight is 473 g/mol. The molecule has 3 fully saturated rings. The molecule has 1 aromatic rings. The highest BCUT2D eigenvalue weighted by molar-refractivity contribution is 5.96. The number of ether oxygens (including phenoxy) is 3. The molecule has 1 saturated heterocycles. The summed E-state index contributed by atoms with van der Waals surface area (Å²) in [4.78, 5) is 38.5. The third-order valence-electron chi connectivity index (χ3n) is 9.35. The fraction of sp³-hybridized carbons (Fsp3) is 0.667. The lowest BCUT2D eigenvalue weighted by Crippen LogP contribution is -2.69. The highest BCUT2D eigenvalue weighted by Gasteiger charge is 2.78. The van der Waals surface area contributed by atoms with E-state index in [0.717, 1.165) is 12.8 Å². The molecule has 0 aromatic carbocycles. The Hall–Kier alpha value is -2.41. The highest BCUT2D eigenvalue weighted by atomic mass is 16.6. The van der Waals surface area contributed by atoms with E-state index < -0.39 is 40.6 Å². The summed E-state index contributed by atoms with van der Waals surface area (Å²) in [5.74, 6) is -1.13. The number of hydrogen-bond donors (Lipinski definition) is 0. The molecule has 8 atom stereocenters. The number of fused-ring (bicyclic) bond motifs is 3. The van der Waals surface area contributed by atoms with Crippen LogP contribution in [0.3, 0.4) is 0 Å². The van der Waals surface area contributed by atoms with Crippen molar-refractivity contribution in [2.24, 2.45) is 22.7 Å². The first-order valence-corrected chi connectivity index (χ1v) is 12.1. The molecular weight excluding hydrogens is 436 g/mol. The molecule has 7 nitrogen and oxygen atoms in total. The van der Waals surface area contributed by atoms with Gasteiger partial charge in [0.2, 0.25) is 0 Å². The third kappa shape index (κ3) is 3.55. The first kappa shape index (κ1) is 24.7. The first-order valence-electron chi connectivity index (χ1n) is 12.1. The van der Waals surface area contributed by atoms with E-state index in [-0.39, 0.29) is 30.1 Å². The lowest BCUT2D eigenvalue weighted by molar-refractivity contribution is -0.242. The van der Waals surface area contributed by atoms with Crippen molar-refractivity contribution in [3.63, 3.8) is 0 Å². The van der Waals surface area contributed by atoms with Gasteiger partial charge in [-0.25, -0.2) is 4.79 Å². The van der Waals surface area contributed by atoms with Crippen molar-refractivity contribution in [2.45, 2.75) is 91.6 Å². The number of allylic oxidation sites excluding steroid dienone is 1. The highest BCUT2D eigenvalue weighted by Crippen LogP contribution is 2.71. The quantitative estimate of drug-likeness (QED) is 0.252. The van der Waals surface area contributed by atoms with E-state index in [9.17, 15) is 14.4 Å². The van der Waals surface area contributed by atoms with Crippen molar-refractivity contribution >= 4 is 17.7 Å². The smallest absolute Gasteiger partial charge is 0.333 e. The number of Topliss-reactive ketones (excluding diaryl/α,β-unsaturated/α-hetero) is 1. The van der Waals surface area contributed by atoms with Crippen molar-refractivity contribution in [1.29, 1.82) is 0 Å². The number of furan rings is 1. The van der Waals surface area contributed by atoms with Crippen LogP contribution in [-0.4, -0.2) is 41.6 Å². The van der Waals surface area contributed by atoms with Gasteiger partial charge in [-0.1, -0.05) is 26.8 Å². The molecule has 0 bridgehead atoms. The predicted octanol–water partition coefficient (Wildman–Crippen LogP) is 4.89. The molecule has 4 rings (SSSR count). The van der Waals surface area contributed by atoms with Crippen LogP contribution in [0.4, 0.5) is 0 Å². The summed E-state index contributed by atoms with van der Waals surface area (Å²) in [6.07, 6.45) is 5.29. The van der Waals surface area contributed by atoms with Crippen LogP contribution < -0.4 is 0 Å². The molecule has 0 radical (unpaired) electrons. The minimum atomic E-state index is -0.714. The Morgan fingerprint density at radius 3 is 2.44 bits per heavy atom. The van der Waals surface area contributed by atoms with E-state index in [1.807, 2.05) is 6.92 Å². The van der Waals surface area contributed by atoms with Crippen LogP contribution in [-0.2, 0) is 23.8 Å². The molecule has 34 heavy (non-hydrogen) atoms. The van der Waals surface area contributed by atoms with Gasteiger partial charge >= 0.3 is 11.9 Å². The van der Waals surface area contributed by atoms with Gasteiger partial charge in [-0.15, -0.1) is 0 Å². The van der Waals surface area contributed by atoms with E-state index in [4.69, 9.17) is 18.6 Å². The summed E-state index contributed by atoms with van der Waals surface area (Å²) < 4.78 is 23.5. The summed E-state index contributed by atoms with van der Waals surface area (Å²) in [6, 6.07) is 1.68. The molecule has 1 aromatic heterocycles. The van der Waals surface area contributed by atoms with Crippen LogP contribution in [0.25, 0.3) is 0 Å². The van der Waals surface area contributed by atoms with E-state index in [2.05, 4.69) is 20.8 Å². The Morgan fingerprint density at radius 2 is 1.85 bits per heavy atom. The average Bonchev–Trinajstić information content (AvgIpc) is 3.20. The summed E-state index contributed by atoms with van der Waals surface area (Å²) in [5.41, 5.74) is -0.700. The Bertz CT molecular complexity index is 1010. The number of carbonyl (C=O) groups excluding carboxylic acids is 3. The summed E-state index contributed by atoms with van der Waals surface area (Å²) in [6.45, 7) is 13.1. The zero-order chi connectivity index (χ0) is 25.1. The predicted molar refractivity (Wildman–Crippen MR) is 124 cm³/mol. The molecule has 0 amide bonds. The Balaban J connectivity index is 1.82. The maximum Gasteiger partial charge on any atom is 0.333 e. The standard InChI is InChI=1S/C27H36O7/c1-8-15(2)24(30)33-23-22(32-17(4)28)16(3)25(5,13-19(29)18-11-12-31-14-18)20-9-10-21-27(7,34-21)26(20,23)6/h8,11-12,14,16,20-23H,9-10,13H2,1-7H3/b15-8+/t16-,20+,21+,22-,23-,25+,26+,27-/m1/s1. The monoisotopic (exact) mass is 472 g/mol. The van der Waals surface area contributed by atoms with E-state index in [0.29, 0.717) is 11.1 Å². The maximum atomic E-state index is 13.3. The normalized spacial score (nSPS) is 41.1. The van der Waals surface area contributed by atoms with Gasteiger partial charge in [0.25, 0.3) is 0 Å². The zero-order valence-corrected chi connectivity index (χ0v) is 21.2. The molecule has 3 aliphatic rings. The van der Waals surface area contributed by atoms with Gasteiger partial charge in [0, 0.05) is 30.3 Å². The fourth-order valence-corrected chi connectivity index (χ4v) is 6.85. The summed E-state index contributed by atoms with van der Waals surface area (Å²) in [5, 5.41) is 0. The molecule has 2 heterocycles. The molecule has 2 aliphatic carbocycles. The lowest BCUT2D eigenvalue weighted by atomic mass is 9.43. The molecule has 0 N–H and O–H groups in total. The number of carbonyl (C=O) groups is 3. The SMILES string of the molecule is C/C=C(\C)C(=O)O[C@@H]1[C@H](OC(C)=O)[C@@H](C)[C@](C)(CC(=O)c2ccoc2)[C@@H]2CC[C@@H]3O[C@@]3(C)[C@]12C. The lowest BCUT2D eigenvalue weighted by Gasteiger charge is -2.63. The molecular formula is C27H36O7. The van der Waals surface area contributed by atoms with Crippen LogP contribution in [0, 0.1) is 22.7 Å². The third-order valence-corrected chi connectivity index (χ3v) is 9.35. The molecule has 0 unspecified atom stereocenters. The van der Waals surface area contributed by atoms with Gasteiger partial charge in [-0.3, -0.25) is 9.59 Å². The second-order valence-corrected chi connectivity index (χ2v) is 10.9. The minimum absolute atomic E-state index is 0.00474. The van der Waals surface area contributed by atoms with Gasteiger partial charge in [0.1, 0.15) is 24.1 Å². The second kappa shape index (κ2) is 8.36. The summed E-state index contributed by atoms with van der Waals surface area (Å²) >= 11 is 0. The fourth-order valence-electron chi connectivity index (χ4n) is 6.85. The van der Waals surface area contributed by atoms with Crippen molar-refractivity contribution in [3.05, 3.63) is 35.8 Å². The van der Waals surface area contributed by atoms with Crippen LogP contribution >= 0.6 is 0 Å². The van der Waals surface area contributed by atoms with Crippen LogP contribution in [0.15, 0.2) is 34.7 Å².